The zero-order chi connectivity index (χ0) is 18.6. The number of nitrogens with zero attached hydrogens (tertiary/aromatic N) is 4. The van der Waals surface area contributed by atoms with E-state index in [4.69, 9.17) is 21.4 Å². The molecule has 4 rings (SSSR count). The third kappa shape index (κ3) is 4.07. The molecule has 0 N–H and O–H groups in total. The van der Waals surface area contributed by atoms with Crippen LogP contribution in [0.5, 0.6) is 5.75 Å². The van der Waals surface area contributed by atoms with Gasteiger partial charge in [-0.2, -0.15) is 0 Å². The van der Waals surface area contributed by atoms with Crippen molar-refractivity contribution < 1.29 is 9.15 Å². The standard InChI is InChI=1S/C19H22N4O2S2/c1-2-24-16-7-4-3-6-15(16)22-11-9-21(10-12-22)14-23-19(26)25-18(20-23)17-8-5-13-27-17/h3-8,13H,2,9-12,14H2,1H3. The molecule has 0 saturated carbocycles. The summed E-state index contributed by atoms with van der Waals surface area (Å²) in [6.45, 7) is 7.08. The largest absolute Gasteiger partial charge is 0.492 e. The lowest BCUT2D eigenvalue weighted by Crippen LogP contribution is -2.47. The van der Waals surface area contributed by atoms with Gasteiger partial charge in [0.2, 0.25) is 0 Å². The number of para-hydroxylation sites is 2. The lowest BCUT2D eigenvalue weighted by Gasteiger charge is -2.36. The van der Waals surface area contributed by atoms with E-state index in [0.29, 0.717) is 24.0 Å². The van der Waals surface area contributed by atoms with Gasteiger partial charge in [0.25, 0.3) is 10.7 Å². The number of ether oxygens (including phenoxy) is 1. The smallest absolute Gasteiger partial charge is 0.288 e. The predicted molar refractivity (Wildman–Crippen MR) is 110 cm³/mol. The molecular weight excluding hydrogens is 380 g/mol. The van der Waals surface area contributed by atoms with E-state index < -0.39 is 0 Å². The topological polar surface area (TPSA) is 46.7 Å². The van der Waals surface area contributed by atoms with Crippen LogP contribution in [0.15, 0.2) is 46.2 Å². The highest BCUT2D eigenvalue weighted by Gasteiger charge is 2.21. The first-order valence-electron chi connectivity index (χ1n) is 9.05. The van der Waals surface area contributed by atoms with E-state index in [9.17, 15) is 0 Å². The number of piperazine rings is 1. The highest BCUT2D eigenvalue weighted by molar-refractivity contribution is 7.71. The van der Waals surface area contributed by atoms with Crippen molar-refractivity contribution in [3.63, 3.8) is 0 Å². The number of benzene rings is 1. The molecule has 142 valence electrons. The Bertz CT molecular complexity index is 927. The Balaban J connectivity index is 1.40. The summed E-state index contributed by atoms with van der Waals surface area (Å²) >= 11 is 6.95. The van der Waals surface area contributed by atoms with E-state index >= 15 is 0 Å². The van der Waals surface area contributed by atoms with Crippen LogP contribution in [0.2, 0.25) is 0 Å². The average Bonchev–Trinajstić information content (AvgIpc) is 3.34. The Morgan fingerprint density at radius 1 is 1.15 bits per heavy atom. The molecule has 27 heavy (non-hydrogen) atoms. The second-order valence-electron chi connectivity index (χ2n) is 6.30. The lowest BCUT2D eigenvalue weighted by atomic mass is 10.2. The van der Waals surface area contributed by atoms with Crippen LogP contribution in [0.1, 0.15) is 6.92 Å². The number of hydrogen-bond acceptors (Lipinski definition) is 7. The van der Waals surface area contributed by atoms with Crippen molar-refractivity contribution in [2.24, 2.45) is 0 Å². The first kappa shape index (κ1) is 18.2. The zero-order valence-electron chi connectivity index (χ0n) is 15.2. The highest BCUT2D eigenvalue weighted by Crippen LogP contribution is 2.29. The number of aromatic nitrogens is 2. The summed E-state index contributed by atoms with van der Waals surface area (Å²) < 4.78 is 13.2. The summed E-state index contributed by atoms with van der Waals surface area (Å²) in [5, 5.41) is 6.55. The molecule has 0 amide bonds. The molecule has 1 aliphatic rings. The number of hydrogen-bond donors (Lipinski definition) is 0. The summed E-state index contributed by atoms with van der Waals surface area (Å²) in [6, 6.07) is 12.2. The Hall–Kier alpha value is -2.16. The molecule has 1 aromatic carbocycles. The third-order valence-electron chi connectivity index (χ3n) is 4.55. The fraction of sp³-hybridized carbons (Fsp3) is 0.368. The van der Waals surface area contributed by atoms with Crippen LogP contribution in [-0.4, -0.2) is 47.5 Å². The van der Waals surface area contributed by atoms with Gasteiger partial charge in [0.05, 0.1) is 23.8 Å². The summed E-state index contributed by atoms with van der Waals surface area (Å²) in [6.07, 6.45) is 0. The molecule has 1 saturated heterocycles. The molecule has 6 nitrogen and oxygen atoms in total. The van der Waals surface area contributed by atoms with Gasteiger partial charge in [0, 0.05) is 26.2 Å². The van der Waals surface area contributed by atoms with Crippen LogP contribution in [0.4, 0.5) is 5.69 Å². The maximum atomic E-state index is 5.77. The average molecular weight is 403 g/mol. The molecule has 0 atom stereocenters. The zero-order valence-corrected chi connectivity index (χ0v) is 16.8. The van der Waals surface area contributed by atoms with Gasteiger partial charge in [-0.05, 0) is 42.7 Å². The Morgan fingerprint density at radius 3 is 2.70 bits per heavy atom. The van der Waals surface area contributed by atoms with Crippen LogP contribution >= 0.6 is 23.6 Å². The number of thiophene rings is 1. The van der Waals surface area contributed by atoms with Gasteiger partial charge in [0.1, 0.15) is 5.75 Å². The summed E-state index contributed by atoms with van der Waals surface area (Å²) in [4.78, 5) is 6.14. The van der Waals surface area contributed by atoms with Crippen LogP contribution in [0.25, 0.3) is 10.8 Å². The third-order valence-corrected chi connectivity index (χ3v) is 5.70. The van der Waals surface area contributed by atoms with Crippen molar-refractivity contribution in [3.8, 4) is 16.5 Å². The van der Waals surface area contributed by atoms with Crippen molar-refractivity contribution in [2.75, 3.05) is 37.7 Å². The van der Waals surface area contributed by atoms with E-state index in [0.717, 1.165) is 42.5 Å². The van der Waals surface area contributed by atoms with Gasteiger partial charge in [0.15, 0.2) is 0 Å². The van der Waals surface area contributed by atoms with Crippen LogP contribution < -0.4 is 9.64 Å². The van der Waals surface area contributed by atoms with Crippen LogP contribution in [0.3, 0.4) is 0 Å². The monoisotopic (exact) mass is 402 g/mol. The van der Waals surface area contributed by atoms with Crippen molar-refractivity contribution >= 4 is 29.2 Å². The minimum atomic E-state index is 0.419. The van der Waals surface area contributed by atoms with Crippen LogP contribution in [0, 0.1) is 4.84 Å². The number of anilines is 1. The molecule has 0 unspecified atom stereocenters. The molecule has 0 aliphatic carbocycles. The van der Waals surface area contributed by atoms with E-state index in [1.54, 1.807) is 16.0 Å². The Morgan fingerprint density at radius 2 is 1.96 bits per heavy atom. The first-order chi connectivity index (χ1) is 13.2. The molecule has 1 fully saturated rings. The summed E-state index contributed by atoms with van der Waals surface area (Å²) in [5.41, 5.74) is 1.16. The van der Waals surface area contributed by atoms with Crippen molar-refractivity contribution in [1.82, 2.24) is 14.7 Å². The van der Waals surface area contributed by atoms with Gasteiger partial charge in [-0.3, -0.25) is 4.90 Å². The van der Waals surface area contributed by atoms with Gasteiger partial charge in [-0.1, -0.05) is 18.2 Å². The van der Waals surface area contributed by atoms with E-state index in [-0.39, 0.29) is 0 Å². The fourth-order valence-electron chi connectivity index (χ4n) is 3.21. The first-order valence-corrected chi connectivity index (χ1v) is 10.3. The molecular formula is C19H22N4O2S2. The minimum Gasteiger partial charge on any atom is -0.492 e. The molecule has 3 aromatic rings. The highest BCUT2D eigenvalue weighted by atomic mass is 32.1. The summed E-state index contributed by atoms with van der Waals surface area (Å²) in [7, 11) is 0. The van der Waals surface area contributed by atoms with E-state index in [1.165, 1.54) is 0 Å². The quantitative estimate of drug-likeness (QED) is 0.578. The molecule has 2 aromatic heterocycles. The molecule has 0 bridgehead atoms. The second-order valence-corrected chi connectivity index (χ2v) is 7.59. The van der Waals surface area contributed by atoms with Gasteiger partial charge in [-0.25, -0.2) is 4.68 Å². The maximum absolute atomic E-state index is 5.77. The van der Waals surface area contributed by atoms with Crippen molar-refractivity contribution in [1.29, 1.82) is 0 Å². The normalized spacial score (nSPS) is 15.2. The second kappa shape index (κ2) is 8.24. The van der Waals surface area contributed by atoms with Gasteiger partial charge in [-0.15, -0.1) is 16.4 Å². The van der Waals surface area contributed by atoms with E-state index in [1.807, 2.05) is 36.6 Å². The van der Waals surface area contributed by atoms with Crippen LogP contribution in [-0.2, 0) is 6.67 Å². The maximum Gasteiger partial charge on any atom is 0.288 e. The number of rotatable bonds is 6. The van der Waals surface area contributed by atoms with E-state index in [2.05, 4.69) is 27.0 Å². The molecule has 0 radical (unpaired) electrons. The van der Waals surface area contributed by atoms with Crippen molar-refractivity contribution in [2.45, 2.75) is 13.6 Å². The molecule has 0 spiro atoms. The van der Waals surface area contributed by atoms with Crippen molar-refractivity contribution in [3.05, 3.63) is 46.6 Å². The summed E-state index contributed by atoms with van der Waals surface area (Å²) in [5.74, 6) is 1.55. The van der Waals surface area contributed by atoms with Gasteiger partial charge >= 0.3 is 0 Å². The predicted octanol–water partition coefficient (Wildman–Crippen LogP) is 4.11. The lowest BCUT2D eigenvalue weighted by molar-refractivity contribution is 0.191. The van der Waals surface area contributed by atoms with Gasteiger partial charge < -0.3 is 14.1 Å². The SMILES string of the molecule is CCOc1ccccc1N1CCN(Cn2nc(-c3cccs3)oc2=S)CC1. The molecule has 8 heteroatoms. The Labute approximate surface area is 167 Å². The Kier molecular flexibility index (Phi) is 5.56. The molecule has 1 aliphatic heterocycles. The minimum absolute atomic E-state index is 0.419. The molecule has 3 heterocycles. The fourth-order valence-corrected chi connectivity index (χ4v) is 4.03.